The zero-order valence-electron chi connectivity index (χ0n) is 14.4. The van der Waals surface area contributed by atoms with E-state index < -0.39 is 17.4 Å². The van der Waals surface area contributed by atoms with Crippen molar-refractivity contribution in [1.82, 2.24) is 4.57 Å². The molecule has 0 radical (unpaired) electrons. The Kier molecular flexibility index (Phi) is 5.11. The fourth-order valence-corrected chi connectivity index (χ4v) is 2.69. The molecule has 27 heavy (non-hydrogen) atoms. The lowest BCUT2D eigenvalue weighted by atomic mass is 10.2. The van der Waals surface area contributed by atoms with Crippen molar-refractivity contribution >= 4 is 28.2 Å². The second-order valence-electron chi connectivity index (χ2n) is 5.54. The van der Waals surface area contributed by atoms with Crippen molar-refractivity contribution < 1.29 is 19.6 Å². The Hall–Kier alpha value is -3.75. The minimum atomic E-state index is -0.735. The molecule has 1 amide bonds. The van der Waals surface area contributed by atoms with Crippen LogP contribution in [0.2, 0.25) is 0 Å². The molecule has 138 valence electrons. The van der Waals surface area contributed by atoms with Gasteiger partial charge in [0.1, 0.15) is 0 Å². The summed E-state index contributed by atoms with van der Waals surface area (Å²) in [6, 6.07) is 13.0. The molecule has 0 aliphatic carbocycles. The largest absolute Gasteiger partial charge is 0.493 e. The molecule has 3 rings (SSSR count). The minimum Gasteiger partial charge on any atom is -0.493 e. The molecule has 0 atom stereocenters. The Morgan fingerprint density at radius 2 is 1.93 bits per heavy atom. The van der Waals surface area contributed by atoms with Crippen LogP contribution in [0.1, 0.15) is 6.92 Å². The number of amides is 1. The Bertz CT molecular complexity index is 1040. The van der Waals surface area contributed by atoms with E-state index >= 15 is 0 Å². The summed E-state index contributed by atoms with van der Waals surface area (Å²) in [5.74, 6) is -0.854. The van der Waals surface area contributed by atoms with Gasteiger partial charge in [-0.1, -0.05) is 30.3 Å². The summed E-state index contributed by atoms with van der Waals surface area (Å²) in [5.41, 5.74) is 0.715. The minimum absolute atomic E-state index is 0.0310. The molecule has 0 saturated carbocycles. The number of carbonyl (C=O) groups is 1. The van der Waals surface area contributed by atoms with Crippen molar-refractivity contribution in [3.8, 4) is 11.6 Å². The average Bonchev–Trinajstić information content (AvgIpc) is 2.95. The molecular formula is C18H16N4O5. The van der Waals surface area contributed by atoms with Crippen LogP contribution in [0.25, 0.3) is 10.9 Å². The van der Waals surface area contributed by atoms with Gasteiger partial charge in [0.25, 0.3) is 0 Å². The lowest BCUT2D eigenvalue weighted by Crippen LogP contribution is -2.09. The number of nitrogens with zero attached hydrogens (tertiary/aromatic N) is 4. The van der Waals surface area contributed by atoms with Crippen molar-refractivity contribution in [3.63, 3.8) is 0 Å². The van der Waals surface area contributed by atoms with Gasteiger partial charge in [0.05, 0.1) is 10.4 Å². The SMILES string of the molecule is CCn1c(O)c(N=NC(=O)COc2ccccc2[N+](=O)[O-])c2ccccc21. The molecule has 0 aliphatic heterocycles. The maximum Gasteiger partial charge on any atom is 0.310 e. The number of nitro benzene ring substituents is 1. The van der Waals surface area contributed by atoms with Crippen molar-refractivity contribution in [3.05, 3.63) is 58.6 Å². The van der Waals surface area contributed by atoms with Gasteiger partial charge in [0, 0.05) is 18.0 Å². The third-order valence-electron chi connectivity index (χ3n) is 3.91. The van der Waals surface area contributed by atoms with Crippen molar-refractivity contribution in [2.24, 2.45) is 10.2 Å². The Morgan fingerprint density at radius 3 is 2.67 bits per heavy atom. The number of fused-ring (bicyclic) bond motifs is 1. The summed E-state index contributed by atoms with van der Waals surface area (Å²) in [7, 11) is 0. The van der Waals surface area contributed by atoms with Gasteiger partial charge in [-0.05, 0) is 19.1 Å². The van der Waals surface area contributed by atoms with Crippen LogP contribution < -0.4 is 4.74 Å². The highest BCUT2D eigenvalue weighted by Crippen LogP contribution is 2.38. The molecule has 1 aromatic heterocycles. The topological polar surface area (TPSA) is 119 Å². The number of ether oxygens (including phenoxy) is 1. The quantitative estimate of drug-likeness (QED) is 0.401. The molecule has 9 nitrogen and oxygen atoms in total. The number of aryl methyl sites for hydroxylation is 1. The van der Waals surface area contributed by atoms with Crippen LogP contribution >= 0.6 is 0 Å². The van der Waals surface area contributed by atoms with Crippen LogP contribution in [0.5, 0.6) is 11.6 Å². The van der Waals surface area contributed by atoms with E-state index in [1.54, 1.807) is 22.8 Å². The molecule has 0 saturated heterocycles. The number of carbonyl (C=O) groups excluding carboxylic acids is 1. The zero-order chi connectivity index (χ0) is 19.4. The van der Waals surface area contributed by atoms with Crippen LogP contribution in [-0.2, 0) is 11.3 Å². The fraction of sp³-hybridized carbons (Fsp3) is 0.167. The van der Waals surface area contributed by atoms with Gasteiger partial charge in [-0.3, -0.25) is 14.9 Å². The predicted molar refractivity (Wildman–Crippen MR) is 97.4 cm³/mol. The van der Waals surface area contributed by atoms with Gasteiger partial charge in [0.15, 0.2) is 18.0 Å². The maximum absolute atomic E-state index is 12.0. The van der Waals surface area contributed by atoms with E-state index in [2.05, 4.69) is 10.2 Å². The first-order valence-electron chi connectivity index (χ1n) is 8.14. The van der Waals surface area contributed by atoms with Crippen molar-refractivity contribution in [2.45, 2.75) is 13.5 Å². The molecule has 0 unspecified atom stereocenters. The molecule has 0 aliphatic rings. The molecule has 0 spiro atoms. The van der Waals surface area contributed by atoms with E-state index in [0.29, 0.717) is 11.9 Å². The van der Waals surface area contributed by atoms with Crippen LogP contribution in [0.15, 0.2) is 58.8 Å². The highest BCUT2D eigenvalue weighted by Gasteiger charge is 2.17. The van der Waals surface area contributed by atoms with Gasteiger partial charge >= 0.3 is 11.6 Å². The number of para-hydroxylation sites is 3. The monoisotopic (exact) mass is 368 g/mol. The number of rotatable bonds is 6. The highest BCUT2D eigenvalue weighted by atomic mass is 16.6. The van der Waals surface area contributed by atoms with Gasteiger partial charge in [0.2, 0.25) is 5.88 Å². The zero-order valence-corrected chi connectivity index (χ0v) is 14.4. The lowest BCUT2D eigenvalue weighted by Gasteiger charge is -2.03. The maximum atomic E-state index is 12.0. The molecule has 1 heterocycles. The number of benzene rings is 2. The molecule has 0 fully saturated rings. The number of azo groups is 1. The first-order chi connectivity index (χ1) is 13.0. The summed E-state index contributed by atoms with van der Waals surface area (Å²) in [5, 5.41) is 29.3. The smallest absolute Gasteiger partial charge is 0.310 e. The molecule has 0 bridgehead atoms. The van der Waals surface area contributed by atoms with Crippen molar-refractivity contribution in [2.75, 3.05) is 6.61 Å². The third kappa shape index (κ3) is 3.61. The molecule has 2 aromatic carbocycles. The molecular weight excluding hydrogens is 352 g/mol. The summed E-state index contributed by atoms with van der Waals surface area (Å²) >= 11 is 0. The average molecular weight is 368 g/mol. The fourth-order valence-electron chi connectivity index (χ4n) is 2.69. The van der Waals surface area contributed by atoms with Crippen LogP contribution in [0, 0.1) is 10.1 Å². The summed E-state index contributed by atoms with van der Waals surface area (Å²) < 4.78 is 6.83. The lowest BCUT2D eigenvalue weighted by molar-refractivity contribution is -0.385. The van der Waals surface area contributed by atoms with E-state index in [0.717, 1.165) is 5.52 Å². The van der Waals surface area contributed by atoms with Gasteiger partial charge in [-0.2, -0.15) is 0 Å². The normalized spacial score (nSPS) is 11.1. The number of aromatic hydroxyl groups is 1. The first kappa shape index (κ1) is 18.1. The number of aromatic nitrogens is 1. The number of hydrogen-bond acceptors (Lipinski definition) is 6. The van der Waals surface area contributed by atoms with E-state index in [9.17, 15) is 20.0 Å². The molecule has 9 heteroatoms. The van der Waals surface area contributed by atoms with Crippen LogP contribution in [0.4, 0.5) is 11.4 Å². The predicted octanol–water partition coefficient (Wildman–Crippen LogP) is 3.96. The number of nitro groups is 1. The van der Waals surface area contributed by atoms with Gasteiger partial charge in [-0.15, -0.1) is 10.2 Å². The standard InChI is InChI=1S/C18H16N4O5/c1-2-21-13-8-4-3-7-12(13)17(18(21)24)20-19-16(23)11-27-15-10-6-5-9-14(15)22(25)26/h3-10,24H,2,11H2,1H3. The summed E-state index contributed by atoms with van der Waals surface area (Å²) in [6.07, 6.45) is 0. The second-order valence-corrected chi connectivity index (χ2v) is 5.54. The van der Waals surface area contributed by atoms with E-state index in [-0.39, 0.29) is 23.0 Å². The number of hydrogen-bond donors (Lipinski definition) is 1. The van der Waals surface area contributed by atoms with Crippen molar-refractivity contribution in [1.29, 1.82) is 0 Å². The van der Waals surface area contributed by atoms with E-state index in [1.807, 2.05) is 19.1 Å². The summed E-state index contributed by atoms with van der Waals surface area (Å²) in [4.78, 5) is 22.3. The molecule has 1 N–H and O–H groups in total. The molecule has 3 aromatic rings. The summed E-state index contributed by atoms with van der Waals surface area (Å²) in [6.45, 7) is 1.89. The first-order valence-corrected chi connectivity index (χ1v) is 8.14. The Balaban J connectivity index is 1.78. The van der Waals surface area contributed by atoms with Crippen LogP contribution in [-0.4, -0.2) is 27.1 Å². The second kappa shape index (κ2) is 7.65. The Morgan fingerprint density at radius 1 is 1.22 bits per heavy atom. The van der Waals surface area contributed by atoms with E-state index in [4.69, 9.17) is 4.74 Å². The van der Waals surface area contributed by atoms with Crippen LogP contribution in [0.3, 0.4) is 0 Å². The van der Waals surface area contributed by atoms with Gasteiger partial charge < -0.3 is 14.4 Å². The van der Waals surface area contributed by atoms with Gasteiger partial charge in [-0.25, -0.2) is 0 Å². The third-order valence-corrected chi connectivity index (χ3v) is 3.91. The highest BCUT2D eigenvalue weighted by molar-refractivity contribution is 5.95. The van der Waals surface area contributed by atoms with E-state index in [1.165, 1.54) is 18.2 Å². The Labute approximate surface area is 153 Å².